The van der Waals surface area contributed by atoms with Crippen LogP contribution >= 0.6 is 0 Å². The summed E-state index contributed by atoms with van der Waals surface area (Å²) in [5.74, 6) is -0.329. The quantitative estimate of drug-likeness (QED) is 0.599. The molecule has 2 aromatic carbocycles. The third-order valence-electron chi connectivity index (χ3n) is 4.57. The molecule has 0 spiro atoms. The lowest BCUT2D eigenvalue weighted by atomic mass is 10.2. The largest absolute Gasteiger partial charge is 0.494 e. The van der Waals surface area contributed by atoms with Crippen LogP contribution in [0, 0.1) is 20.8 Å². The van der Waals surface area contributed by atoms with Crippen LogP contribution < -0.4 is 10.1 Å². The molecule has 156 valence electrons. The van der Waals surface area contributed by atoms with Crippen LogP contribution in [-0.2, 0) is 9.53 Å². The standard InChI is InChI=1S/C23H25N3O4/c1-5-29-20-12-8-18(9-13-20)23(28)30-14-21(27)24-22-16(3)25-26(17(22)4)19-10-6-15(2)7-11-19/h6-13H,5,14H2,1-4H3,(H,24,27). The number of carbonyl (C=O) groups excluding carboxylic acids is 2. The van der Waals surface area contributed by atoms with Crippen molar-refractivity contribution in [3.63, 3.8) is 0 Å². The Balaban J connectivity index is 1.62. The molecule has 1 aromatic heterocycles. The van der Waals surface area contributed by atoms with Crippen molar-refractivity contribution in [1.29, 1.82) is 0 Å². The number of aromatic nitrogens is 2. The predicted octanol–water partition coefficient (Wildman–Crippen LogP) is 3.99. The summed E-state index contributed by atoms with van der Waals surface area (Å²) >= 11 is 0. The molecule has 7 heteroatoms. The SMILES string of the molecule is CCOc1ccc(C(=O)OCC(=O)Nc2c(C)nn(-c3ccc(C)cc3)c2C)cc1. The minimum absolute atomic E-state index is 0.353. The molecule has 1 amide bonds. The summed E-state index contributed by atoms with van der Waals surface area (Å²) in [5, 5.41) is 7.30. The first kappa shape index (κ1) is 21.1. The molecule has 0 radical (unpaired) electrons. The van der Waals surface area contributed by atoms with Crippen molar-refractivity contribution in [3.8, 4) is 11.4 Å². The lowest BCUT2D eigenvalue weighted by molar-refractivity contribution is -0.119. The van der Waals surface area contributed by atoms with Gasteiger partial charge in [-0.05, 0) is 64.1 Å². The Morgan fingerprint density at radius 3 is 2.30 bits per heavy atom. The van der Waals surface area contributed by atoms with Crippen molar-refractivity contribution in [2.45, 2.75) is 27.7 Å². The fraction of sp³-hybridized carbons (Fsp3) is 0.261. The van der Waals surface area contributed by atoms with Crippen molar-refractivity contribution < 1.29 is 19.1 Å². The third-order valence-corrected chi connectivity index (χ3v) is 4.57. The molecule has 0 atom stereocenters. The van der Waals surface area contributed by atoms with Gasteiger partial charge in [-0.1, -0.05) is 17.7 Å². The minimum atomic E-state index is -0.572. The molecule has 0 aliphatic carbocycles. The van der Waals surface area contributed by atoms with Gasteiger partial charge in [-0.2, -0.15) is 5.10 Å². The first-order valence-corrected chi connectivity index (χ1v) is 9.72. The van der Waals surface area contributed by atoms with Gasteiger partial charge in [-0.3, -0.25) is 4.79 Å². The number of nitrogens with zero attached hydrogens (tertiary/aromatic N) is 2. The Labute approximate surface area is 175 Å². The van der Waals surface area contributed by atoms with Crippen molar-refractivity contribution in [2.75, 3.05) is 18.5 Å². The molecule has 0 saturated carbocycles. The number of benzene rings is 2. The lowest BCUT2D eigenvalue weighted by Crippen LogP contribution is -2.21. The lowest BCUT2D eigenvalue weighted by Gasteiger charge is -2.09. The summed E-state index contributed by atoms with van der Waals surface area (Å²) in [5.41, 5.74) is 4.50. The van der Waals surface area contributed by atoms with Crippen LogP contribution in [0.5, 0.6) is 5.75 Å². The van der Waals surface area contributed by atoms with Gasteiger partial charge in [-0.15, -0.1) is 0 Å². The number of nitrogens with one attached hydrogen (secondary N) is 1. The first-order valence-electron chi connectivity index (χ1n) is 9.72. The smallest absolute Gasteiger partial charge is 0.338 e. The van der Waals surface area contributed by atoms with Gasteiger partial charge in [0.15, 0.2) is 6.61 Å². The number of hydrogen-bond donors (Lipinski definition) is 1. The summed E-state index contributed by atoms with van der Waals surface area (Å²) in [6, 6.07) is 14.5. The topological polar surface area (TPSA) is 82.4 Å². The van der Waals surface area contributed by atoms with Crippen LogP contribution in [0.2, 0.25) is 0 Å². The minimum Gasteiger partial charge on any atom is -0.494 e. The number of ether oxygens (including phenoxy) is 2. The van der Waals surface area contributed by atoms with Crippen molar-refractivity contribution in [1.82, 2.24) is 9.78 Å². The summed E-state index contributed by atoms with van der Waals surface area (Å²) in [7, 11) is 0. The van der Waals surface area contributed by atoms with Crippen LogP contribution in [0.25, 0.3) is 5.69 Å². The molecule has 30 heavy (non-hydrogen) atoms. The summed E-state index contributed by atoms with van der Waals surface area (Å²) in [6.45, 7) is 7.75. The number of esters is 1. The zero-order chi connectivity index (χ0) is 21.7. The first-order chi connectivity index (χ1) is 14.4. The average Bonchev–Trinajstić information content (AvgIpc) is 3.01. The number of amides is 1. The second kappa shape index (κ2) is 9.26. The number of anilines is 1. The molecule has 0 saturated heterocycles. The van der Waals surface area contributed by atoms with Gasteiger partial charge in [0, 0.05) is 0 Å². The van der Waals surface area contributed by atoms with E-state index in [0.717, 1.165) is 16.9 Å². The monoisotopic (exact) mass is 407 g/mol. The maximum Gasteiger partial charge on any atom is 0.338 e. The zero-order valence-corrected chi connectivity index (χ0v) is 17.6. The van der Waals surface area contributed by atoms with Gasteiger partial charge in [0.05, 0.1) is 34.9 Å². The fourth-order valence-corrected chi connectivity index (χ4v) is 3.00. The van der Waals surface area contributed by atoms with Crippen molar-refractivity contribution >= 4 is 17.6 Å². The van der Waals surface area contributed by atoms with Crippen LogP contribution in [0.1, 0.15) is 34.2 Å². The fourth-order valence-electron chi connectivity index (χ4n) is 3.00. The highest BCUT2D eigenvalue weighted by molar-refractivity contribution is 5.96. The second-order valence-electron chi connectivity index (χ2n) is 6.87. The molecule has 0 fully saturated rings. The Kier molecular flexibility index (Phi) is 6.51. The molecule has 3 rings (SSSR count). The highest BCUT2D eigenvalue weighted by Crippen LogP contribution is 2.23. The van der Waals surface area contributed by atoms with E-state index in [1.807, 2.05) is 52.0 Å². The third kappa shape index (κ3) is 4.86. The maximum absolute atomic E-state index is 12.3. The van der Waals surface area contributed by atoms with Crippen LogP contribution in [-0.4, -0.2) is 34.9 Å². The Morgan fingerprint density at radius 2 is 1.67 bits per heavy atom. The zero-order valence-electron chi connectivity index (χ0n) is 17.6. The van der Waals surface area contributed by atoms with E-state index in [0.29, 0.717) is 29.3 Å². The van der Waals surface area contributed by atoms with Gasteiger partial charge < -0.3 is 14.8 Å². The Bertz CT molecular complexity index is 1040. The summed E-state index contributed by atoms with van der Waals surface area (Å²) in [6.07, 6.45) is 0. The summed E-state index contributed by atoms with van der Waals surface area (Å²) in [4.78, 5) is 24.5. The number of aryl methyl sites for hydroxylation is 2. The highest BCUT2D eigenvalue weighted by atomic mass is 16.5. The van der Waals surface area contributed by atoms with Crippen LogP contribution in [0.4, 0.5) is 5.69 Å². The van der Waals surface area contributed by atoms with Crippen LogP contribution in [0.3, 0.4) is 0 Å². The maximum atomic E-state index is 12.3. The number of hydrogen-bond acceptors (Lipinski definition) is 5. The van der Waals surface area contributed by atoms with Gasteiger partial charge in [0.1, 0.15) is 5.75 Å². The molecular formula is C23H25N3O4. The van der Waals surface area contributed by atoms with E-state index in [-0.39, 0.29) is 6.61 Å². The van der Waals surface area contributed by atoms with E-state index in [1.54, 1.807) is 28.9 Å². The Morgan fingerprint density at radius 1 is 1.00 bits per heavy atom. The number of rotatable bonds is 7. The number of carbonyl (C=O) groups is 2. The molecule has 0 bridgehead atoms. The second-order valence-corrected chi connectivity index (χ2v) is 6.87. The molecule has 3 aromatic rings. The van der Waals surface area contributed by atoms with Crippen molar-refractivity contribution in [3.05, 3.63) is 71.0 Å². The molecule has 1 heterocycles. The van der Waals surface area contributed by atoms with E-state index >= 15 is 0 Å². The molecule has 0 aliphatic rings. The predicted molar refractivity (Wildman–Crippen MR) is 114 cm³/mol. The van der Waals surface area contributed by atoms with Gasteiger partial charge >= 0.3 is 5.97 Å². The van der Waals surface area contributed by atoms with Crippen LogP contribution in [0.15, 0.2) is 48.5 Å². The molecular weight excluding hydrogens is 382 g/mol. The van der Waals surface area contributed by atoms with E-state index in [1.165, 1.54) is 0 Å². The normalized spacial score (nSPS) is 10.5. The van der Waals surface area contributed by atoms with E-state index in [4.69, 9.17) is 9.47 Å². The van der Waals surface area contributed by atoms with Gasteiger partial charge in [0.25, 0.3) is 5.91 Å². The van der Waals surface area contributed by atoms with E-state index in [9.17, 15) is 9.59 Å². The highest BCUT2D eigenvalue weighted by Gasteiger charge is 2.17. The summed E-state index contributed by atoms with van der Waals surface area (Å²) < 4.78 is 12.2. The molecule has 0 aliphatic heterocycles. The molecule has 0 unspecified atom stereocenters. The molecule has 7 nitrogen and oxygen atoms in total. The van der Waals surface area contributed by atoms with Gasteiger partial charge in [-0.25, -0.2) is 9.48 Å². The average molecular weight is 407 g/mol. The van der Waals surface area contributed by atoms with Crippen molar-refractivity contribution in [2.24, 2.45) is 0 Å². The Hall–Kier alpha value is -3.61. The van der Waals surface area contributed by atoms with E-state index < -0.39 is 11.9 Å². The molecule has 1 N–H and O–H groups in total. The van der Waals surface area contributed by atoms with Gasteiger partial charge in [0.2, 0.25) is 0 Å². The van der Waals surface area contributed by atoms with E-state index in [2.05, 4.69) is 10.4 Å².